The van der Waals surface area contributed by atoms with E-state index >= 15 is 0 Å². The summed E-state index contributed by atoms with van der Waals surface area (Å²) in [5, 5.41) is 3.09. The lowest BCUT2D eigenvalue weighted by Gasteiger charge is -2.48. The zero-order chi connectivity index (χ0) is 27.4. The summed E-state index contributed by atoms with van der Waals surface area (Å²) in [6.45, 7) is 11.8. The van der Waals surface area contributed by atoms with Crippen LogP contribution in [0.2, 0.25) is 0 Å². The van der Waals surface area contributed by atoms with Gasteiger partial charge in [-0.15, -0.1) is 0 Å². The van der Waals surface area contributed by atoms with Gasteiger partial charge in [-0.05, 0) is 87.7 Å². The first-order valence-corrected chi connectivity index (χ1v) is 15.7. The van der Waals surface area contributed by atoms with Crippen LogP contribution < -0.4 is 5.32 Å². The average Bonchev–Trinajstić information content (AvgIpc) is 2.88. The second kappa shape index (κ2) is 12.6. The van der Waals surface area contributed by atoms with E-state index in [0.717, 1.165) is 38.8 Å². The number of ether oxygens (including phenoxy) is 1. The first-order valence-electron chi connectivity index (χ1n) is 14.2. The van der Waals surface area contributed by atoms with Crippen molar-refractivity contribution in [1.82, 2.24) is 14.5 Å². The number of piperidine rings is 1. The van der Waals surface area contributed by atoms with Crippen molar-refractivity contribution < 1.29 is 13.2 Å². The highest BCUT2D eigenvalue weighted by molar-refractivity contribution is 7.89. The monoisotopic (exact) mass is 541 g/mol. The second-order valence-corrected chi connectivity index (χ2v) is 13.8. The lowest BCUT2D eigenvalue weighted by molar-refractivity contribution is 0.000532. The number of nitrogens with one attached hydrogen (secondary N) is 1. The fourth-order valence-electron chi connectivity index (χ4n) is 6.30. The maximum atomic E-state index is 13.1. The number of hydrogen-bond donors (Lipinski definition) is 1. The number of aryl methyl sites for hydroxylation is 1. The van der Waals surface area contributed by atoms with Crippen LogP contribution in [0.3, 0.4) is 0 Å². The Morgan fingerprint density at radius 1 is 1.05 bits per heavy atom. The highest BCUT2D eigenvalue weighted by Gasteiger charge is 2.40. The average molecular weight is 542 g/mol. The molecule has 0 saturated carbocycles. The molecule has 1 N–H and O–H groups in total. The van der Waals surface area contributed by atoms with Crippen LogP contribution in [0.4, 0.5) is 0 Å². The molecule has 0 amide bonds. The SMILES string of the molecule is COCC1[C@@H](c2ccc(-c3cccc(C)c3C)cc2)CN1CCCCN(C)S(=O)(=O)C1CCC(C)NC1C. The highest BCUT2D eigenvalue weighted by Crippen LogP contribution is 2.36. The smallest absolute Gasteiger partial charge is 0.218 e. The molecule has 0 aliphatic carbocycles. The van der Waals surface area contributed by atoms with Gasteiger partial charge in [0.05, 0.1) is 11.9 Å². The minimum atomic E-state index is -3.28. The van der Waals surface area contributed by atoms with Gasteiger partial charge in [-0.25, -0.2) is 12.7 Å². The Bertz CT molecular complexity index is 1170. The Hall–Kier alpha value is -1.77. The first-order chi connectivity index (χ1) is 18.1. The second-order valence-electron chi connectivity index (χ2n) is 11.5. The van der Waals surface area contributed by atoms with E-state index in [0.29, 0.717) is 31.2 Å². The summed E-state index contributed by atoms with van der Waals surface area (Å²) in [5.74, 6) is 0.466. The van der Waals surface area contributed by atoms with Crippen LogP contribution in [-0.2, 0) is 14.8 Å². The molecular formula is C31H47N3O3S. The summed E-state index contributed by atoms with van der Waals surface area (Å²) < 4.78 is 33.5. The molecule has 5 atom stereocenters. The lowest BCUT2D eigenvalue weighted by Crippen LogP contribution is -2.56. The predicted molar refractivity (Wildman–Crippen MR) is 157 cm³/mol. The summed E-state index contributed by atoms with van der Waals surface area (Å²) in [6, 6.07) is 16.3. The van der Waals surface area contributed by atoms with Crippen LogP contribution >= 0.6 is 0 Å². The topological polar surface area (TPSA) is 61.9 Å². The largest absolute Gasteiger partial charge is 0.383 e. The molecule has 0 spiro atoms. The zero-order valence-electron chi connectivity index (χ0n) is 24.1. The first kappa shape index (κ1) is 29.2. The van der Waals surface area contributed by atoms with E-state index in [1.54, 1.807) is 18.5 Å². The standard InChI is InChI=1S/C31H47N3O3S/c1-22-10-9-11-28(24(22)3)26-13-15-27(16-14-26)29-20-34(30(29)21-37-6)19-8-7-18-33(5)38(35,36)31-17-12-23(2)32-25(31)4/h9-11,13-16,23,25,29-32H,7-8,12,17-21H2,1-6H3/t23?,25?,29-,30?,31?/m1/s1. The molecule has 2 aliphatic rings. The van der Waals surface area contributed by atoms with Crippen molar-refractivity contribution in [2.45, 2.75) is 82.7 Å². The fraction of sp³-hybridized carbons (Fsp3) is 0.613. The molecule has 2 aromatic rings. The van der Waals surface area contributed by atoms with E-state index in [4.69, 9.17) is 4.74 Å². The molecule has 2 aliphatic heterocycles. The third kappa shape index (κ3) is 6.34. The van der Waals surface area contributed by atoms with E-state index in [-0.39, 0.29) is 11.3 Å². The van der Waals surface area contributed by atoms with Crippen LogP contribution in [0.1, 0.15) is 62.1 Å². The quantitative estimate of drug-likeness (QED) is 0.408. The molecule has 0 radical (unpaired) electrons. The minimum absolute atomic E-state index is 0.00563. The van der Waals surface area contributed by atoms with Crippen LogP contribution in [0.15, 0.2) is 42.5 Å². The Kier molecular flexibility index (Phi) is 9.69. The fourth-order valence-corrected chi connectivity index (χ4v) is 8.17. The van der Waals surface area contributed by atoms with Crippen molar-refractivity contribution in [3.8, 4) is 11.1 Å². The van der Waals surface area contributed by atoms with Gasteiger partial charge in [0.15, 0.2) is 0 Å². The van der Waals surface area contributed by atoms with E-state index in [1.807, 2.05) is 6.92 Å². The number of unbranched alkanes of at least 4 members (excludes halogenated alkanes) is 1. The van der Waals surface area contributed by atoms with E-state index in [2.05, 4.69) is 73.5 Å². The molecular weight excluding hydrogens is 494 g/mol. The summed E-state index contributed by atoms with van der Waals surface area (Å²) >= 11 is 0. The normalized spacial score (nSPS) is 26.4. The van der Waals surface area contributed by atoms with E-state index in [9.17, 15) is 8.42 Å². The Balaban J connectivity index is 1.28. The van der Waals surface area contributed by atoms with Crippen LogP contribution in [0.25, 0.3) is 11.1 Å². The van der Waals surface area contributed by atoms with Crippen LogP contribution in [0.5, 0.6) is 0 Å². The Labute approximate surface area is 230 Å². The predicted octanol–water partition coefficient (Wildman–Crippen LogP) is 4.96. The number of hydrogen-bond acceptors (Lipinski definition) is 5. The van der Waals surface area contributed by atoms with E-state index < -0.39 is 10.0 Å². The van der Waals surface area contributed by atoms with Crippen LogP contribution in [0, 0.1) is 13.8 Å². The van der Waals surface area contributed by atoms with Gasteiger partial charge in [0, 0.05) is 51.3 Å². The third-order valence-electron chi connectivity index (χ3n) is 8.93. The number of rotatable bonds is 11. The van der Waals surface area contributed by atoms with Crippen molar-refractivity contribution >= 4 is 10.0 Å². The van der Waals surface area contributed by atoms with Crippen molar-refractivity contribution in [1.29, 1.82) is 0 Å². The molecule has 2 heterocycles. The Morgan fingerprint density at radius 2 is 1.79 bits per heavy atom. The lowest BCUT2D eigenvalue weighted by atomic mass is 9.82. The summed E-state index contributed by atoms with van der Waals surface area (Å²) in [7, 11) is 0.239. The zero-order valence-corrected chi connectivity index (χ0v) is 24.9. The van der Waals surface area contributed by atoms with Gasteiger partial charge in [0.1, 0.15) is 0 Å². The van der Waals surface area contributed by atoms with Crippen molar-refractivity contribution in [2.75, 3.05) is 40.4 Å². The maximum Gasteiger partial charge on any atom is 0.218 e. The summed E-state index contributed by atoms with van der Waals surface area (Å²) in [4.78, 5) is 2.50. The number of likely N-dealkylation sites (tertiary alicyclic amines) is 1. The summed E-state index contributed by atoms with van der Waals surface area (Å²) in [6.07, 6.45) is 3.49. The van der Waals surface area contributed by atoms with Gasteiger partial charge in [0.25, 0.3) is 0 Å². The number of sulfonamides is 1. The van der Waals surface area contributed by atoms with Gasteiger partial charge in [-0.3, -0.25) is 4.90 Å². The Morgan fingerprint density at radius 3 is 2.47 bits per heavy atom. The molecule has 4 rings (SSSR count). The van der Waals surface area contributed by atoms with Crippen molar-refractivity contribution in [3.63, 3.8) is 0 Å². The molecule has 4 unspecified atom stereocenters. The van der Waals surface area contributed by atoms with Crippen LogP contribution in [-0.4, -0.2) is 81.4 Å². The third-order valence-corrected chi connectivity index (χ3v) is 11.4. The summed E-state index contributed by atoms with van der Waals surface area (Å²) in [5.41, 5.74) is 6.59. The molecule has 7 heteroatoms. The van der Waals surface area contributed by atoms with Gasteiger partial charge < -0.3 is 10.1 Å². The van der Waals surface area contributed by atoms with Gasteiger partial charge in [0.2, 0.25) is 10.0 Å². The molecule has 2 fully saturated rings. The molecule has 210 valence electrons. The van der Waals surface area contributed by atoms with Gasteiger partial charge in [-0.2, -0.15) is 0 Å². The molecule has 2 aromatic carbocycles. The number of methoxy groups -OCH3 is 1. The van der Waals surface area contributed by atoms with Gasteiger partial charge >= 0.3 is 0 Å². The van der Waals surface area contributed by atoms with Crippen molar-refractivity contribution in [3.05, 3.63) is 59.2 Å². The maximum absolute atomic E-state index is 13.1. The number of benzene rings is 2. The minimum Gasteiger partial charge on any atom is -0.383 e. The molecule has 0 bridgehead atoms. The highest BCUT2D eigenvalue weighted by atomic mass is 32.2. The van der Waals surface area contributed by atoms with Crippen molar-refractivity contribution in [2.24, 2.45) is 0 Å². The molecule has 0 aromatic heterocycles. The van der Waals surface area contributed by atoms with Gasteiger partial charge in [-0.1, -0.05) is 42.5 Å². The molecule has 38 heavy (non-hydrogen) atoms. The molecule has 2 saturated heterocycles. The molecule has 6 nitrogen and oxygen atoms in total. The number of nitrogens with zero attached hydrogens (tertiary/aromatic N) is 2. The van der Waals surface area contributed by atoms with E-state index in [1.165, 1.54) is 27.8 Å².